The van der Waals surface area contributed by atoms with Crippen molar-refractivity contribution in [2.24, 2.45) is 4.99 Å². The van der Waals surface area contributed by atoms with Crippen molar-refractivity contribution >= 4 is 23.0 Å². The highest BCUT2D eigenvalue weighted by atomic mass is 32.2. The zero-order valence-electron chi connectivity index (χ0n) is 16.9. The first-order chi connectivity index (χ1) is 14.2. The Morgan fingerprint density at radius 3 is 2.48 bits per heavy atom. The van der Waals surface area contributed by atoms with E-state index >= 15 is 0 Å². The number of thioether (sulfide) groups is 1. The van der Waals surface area contributed by atoms with Crippen LogP contribution in [0.1, 0.15) is 31.0 Å². The van der Waals surface area contributed by atoms with Crippen molar-refractivity contribution in [1.82, 2.24) is 9.80 Å². The second kappa shape index (κ2) is 7.69. The van der Waals surface area contributed by atoms with Gasteiger partial charge in [0, 0.05) is 18.8 Å². The van der Waals surface area contributed by atoms with Gasteiger partial charge in [-0.2, -0.15) is 0 Å². The number of hydrogen-bond donors (Lipinski definition) is 0. The van der Waals surface area contributed by atoms with Crippen LogP contribution < -0.4 is 0 Å². The van der Waals surface area contributed by atoms with E-state index in [-0.39, 0.29) is 6.04 Å². The van der Waals surface area contributed by atoms with Gasteiger partial charge >= 0.3 is 0 Å². The maximum absolute atomic E-state index is 5.18. The standard InChI is InChI=1S/C25H25N3S/c1-3-27-15-21(14-19-10-6-4-7-11-19)23-22(16-27)24(20-12-8-5-9-13-20)28-18(2)17-29-25(28)26-23/h4-14,17,24H,3,15-16H2,1-2H3/b21-14+. The number of nitrogens with zero attached hydrogens (tertiary/aromatic N) is 3. The Morgan fingerprint density at radius 1 is 1.03 bits per heavy atom. The van der Waals surface area contributed by atoms with E-state index < -0.39 is 0 Å². The molecule has 3 aliphatic rings. The molecule has 0 saturated heterocycles. The summed E-state index contributed by atoms with van der Waals surface area (Å²) in [6.07, 6.45) is 2.32. The number of allylic oxidation sites excluding steroid dienone is 1. The lowest BCUT2D eigenvalue weighted by Crippen LogP contribution is -2.42. The van der Waals surface area contributed by atoms with Gasteiger partial charge in [0.1, 0.15) is 0 Å². The smallest absolute Gasteiger partial charge is 0.173 e. The summed E-state index contributed by atoms with van der Waals surface area (Å²) < 4.78 is 0. The van der Waals surface area contributed by atoms with Crippen LogP contribution in [0.5, 0.6) is 0 Å². The zero-order chi connectivity index (χ0) is 19.8. The molecule has 3 heterocycles. The molecule has 29 heavy (non-hydrogen) atoms. The summed E-state index contributed by atoms with van der Waals surface area (Å²) in [5.74, 6) is 0. The number of hydrogen-bond acceptors (Lipinski definition) is 4. The second-order valence-corrected chi connectivity index (χ2v) is 8.55. The highest BCUT2D eigenvalue weighted by Gasteiger charge is 2.39. The van der Waals surface area contributed by atoms with Crippen LogP contribution >= 0.6 is 11.8 Å². The number of likely N-dealkylation sites (N-methyl/N-ethyl adjacent to an activating group) is 1. The van der Waals surface area contributed by atoms with Gasteiger partial charge in [-0.15, -0.1) is 0 Å². The van der Waals surface area contributed by atoms with Gasteiger partial charge in [0.2, 0.25) is 0 Å². The Bertz CT molecular complexity index is 1030. The van der Waals surface area contributed by atoms with E-state index in [0.29, 0.717) is 0 Å². The van der Waals surface area contributed by atoms with Crippen molar-refractivity contribution in [2.75, 3.05) is 19.6 Å². The average Bonchev–Trinajstić information content (AvgIpc) is 3.14. The topological polar surface area (TPSA) is 18.8 Å². The molecule has 1 atom stereocenters. The Labute approximate surface area is 177 Å². The van der Waals surface area contributed by atoms with Crippen LogP contribution in [0, 0.1) is 0 Å². The van der Waals surface area contributed by atoms with Gasteiger partial charge < -0.3 is 4.90 Å². The van der Waals surface area contributed by atoms with Gasteiger partial charge in [0.05, 0.1) is 11.7 Å². The molecule has 146 valence electrons. The minimum absolute atomic E-state index is 0.207. The van der Waals surface area contributed by atoms with E-state index in [1.165, 1.54) is 33.7 Å². The van der Waals surface area contributed by atoms with E-state index in [2.05, 4.69) is 95.8 Å². The normalized spacial score (nSPS) is 23.0. The predicted molar refractivity (Wildman–Crippen MR) is 123 cm³/mol. The molecule has 0 spiro atoms. The minimum atomic E-state index is 0.207. The summed E-state index contributed by atoms with van der Waals surface area (Å²) in [6.45, 7) is 7.38. The molecule has 0 fully saturated rings. The summed E-state index contributed by atoms with van der Waals surface area (Å²) in [5.41, 5.74) is 7.76. The third-order valence-corrected chi connectivity index (χ3v) is 6.77. The molecule has 3 aliphatic heterocycles. The average molecular weight is 400 g/mol. The summed E-state index contributed by atoms with van der Waals surface area (Å²) >= 11 is 1.74. The molecule has 5 rings (SSSR count). The maximum atomic E-state index is 5.18. The van der Waals surface area contributed by atoms with Crippen LogP contribution in [-0.2, 0) is 0 Å². The fraction of sp³-hybridized carbons (Fsp3) is 0.240. The fourth-order valence-electron chi connectivity index (χ4n) is 4.38. The first-order valence-electron chi connectivity index (χ1n) is 10.2. The van der Waals surface area contributed by atoms with Gasteiger partial charge in [-0.3, -0.25) is 4.90 Å². The Morgan fingerprint density at radius 2 is 1.76 bits per heavy atom. The van der Waals surface area contributed by atoms with E-state index in [9.17, 15) is 0 Å². The molecule has 0 aromatic heterocycles. The van der Waals surface area contributed by atoms with E-state index in [1.807, 2.05) is 0 Å². The van der Waals surface area contributed by atoms with Gasteiger partial charge in [0.15, 0.2) is 5.17 Å². The molecule has 1 unspecified atom stereocenters. The van der Waals surface area contributed by atoms with E-state index in [4.69, 9.17) is 4.99 Å². The van der Waals surface area contributed by atoms with Crippen LogP contribution in [0.2, 0.25) is 0 Å². The molecular weight excluding hydrogens is 374 g/mol. The molecule has 0 aliphatic carbocycles. The number of aliphatic imine (C=N–C) groups is 1. The lowest BCUT2D eigenvalue weighted by atomic mass is 9.88. The number of fused-ring (bicyclic) bond motifs is 1. The summed E-state index contributed by atoms with van der Waals surface area (Å²) in [4.78, 5) is 10.1. The predicted octanol–water partition coefficient (Wildman–Crippen LogP) is 5.68. The van der Waals surface area contributed by atoms with Crippen molar-refractivity contribution < 1.29 is 0 Å². The third kappa shape index (κ3) is 3.37. The van der Waals surface area contributed by atoms with Crippen molar-refractivity contribution in [3.05, 3.63) is 99.7 Å². The van der Waals surface area contributed by atoms with Crippen molar-refractivity contribution in [3.63, 3.8) is 0 Å². The molecule has 2 aromatic rings. The number of amidine groups is 1. The quantitative estimate of drug-likeness (QED) is 0.662. The first kappa shape index (κ1) is 18.5. The van der Waals surface area contributed by atoms with E-state index in [0.717, 1.165) is 24.8 Å². The second-order valence-electron chi connectivity index (χ2n) is 7.71. The van der Waals surface area contributed by atoms with Crippen LogP contribution in [0.3, 0.4) is 0 Å². The Balaban J connectivity index is 1.68. The zero-order valence-corrected chi connectivity index (χ0v) is 17.7. The summed E-state index contributed by atoms with van der Waals surface area (Å²) in [6, 6.07) is 21.7. The van der Waals surface area contributed by atoms with Crippen LogP contribution in [0.25, 0.3) is 6.08 Å². The van der Waals surface area contributed by atoms with Crippen molar-refractivity contribution in [2.45, 2.75) is 19.9 Å². The van der Waals surface area contributed by atoms with Crippen LogP contribution in [0.4, 0.5) is 0 Å². The molecule has 4 heteroatoms. The summed E-state index contributed by atoms with van der Waals surface area (Å²) in [5, 5.41) is 3.32. The maximum Gasteiger partial charge on any atom is 0.173 e. The van der Waals surface area contributed by atoms with E-state index in [1.54, 1.807) is 11.8 Å². The molecular formula is C25H25N3S. The monoisotopic (exact) mass is 399 g/mol. The Kier molecular flexibility index (Phi) is 4.90. The molecule has 0 bridgehead atoms. The first-order valence-corrected chi connectivity index (χ1v) is 11.1. The SMILES string of the molecule is CCN1CC2=C(N=C3SC=C(C)N3C2c2ccccc2)/C(=C/c2ccccc2)C1. The number of benzene rings is 2. The summed E-state index contributed by atoms with van der Waals surface area (Å²) in [7, 11) is 0. The minimum Gasteiger partial charge on any atom is -0.313 e. The molecule has 0 amide bonds. The van der Waals surface area contributed by atoms with Gasteiger partial charge in [-0.1, -0.05) is 79.3 Å². The van der Waals surface area contributed by atoms with Crippen molar-refractivity contribution in [3.8, 4) is 0 Å². The highest BCUT2D eigenvalue weighted by Crippen LogP contribution is 2.46. The number of rotatable bonds is 3. The third-order valence-electron chi connectivity index (χ3n) is 5.82. The lowest BCUT2D eigenvalue weighted by Gasteiger charge is -2.42. The lowest BCUT2D eigenvalue weighted by molar-refractivity contribution is 0.298. The molecule has 0 saturated carbocycles. The fourth-order valence-corrected chi connectivity index (χ4v) is 5.27. The van der Waals surface area contributed by atoms with Gasteiger partial charge in [-0.25, -0.2) is 4.99 Å². The van der Waals surface area contributed by atoms with Gasteiger partial charge in [-0.05, 0) is 47.2 Å². The van der Waals surface area contributed by atoms with Gasteiger partial charge in [0.25, 0.3) is 0 Å². The van der Waals surface area contributed by atoms with Crippen LogP contribution in [-0.4, -0.2) is 34.6 Å². The molecule has 2 aromatic carbocycles. The Hall–Kier alpha value is -2.56. The molecule has 0 N–H and O–H groups in total. The highest BCUT2D eigenvalue weighted by molar-refractivity contribution is 8.16. The van der Waals surface area contributed by atoms with Crippen LogP contribution in [0.15, 0.2) is 93.6 Å². The molecule has 3 nitrogen and oxygen atoms in total. The van der Waals surface area contributed by atoms with Crippen molar-refractivity contribution in [1.29, 1.82) is 0 Å². The molecule has 0 radical (unpaired) electrons. The largest absolute Gasteiger partial charge is 0.313 e.